The number of aromatic nitrogens is 2. The number of nitrogens with zero attached hydrogens (tertiary/aromatic N) is 2. The van der Waals surface area contributed by atoms with Crippen molar-refractivity contribution in [2.24, 2.45) is 7.05 Å². The number of halogens is 1. The SMILES string of the molecule is CC(C)c1cc(C(=O)N[C@H]2CCCOc3cc(F)ccc32)nn1C. The Morgan fingerprint density at radius 1 is 1.42 bits per heavy atom. The molecule has 0 saturated carbocycles. The first-order valence-corrected chi connectivity index (χ1v) is 8.22. The Labute approximate surface area is 140 Å². The summed E-state index contributed by atoms with van der Waals surface area (Å²) in [5.41, 5.74) is 2.21. The standard InChI is InChI=1S/C18H22FN3O2/c1-11(2)16-10-15(21-22(16)3)18(23)20-14-5-4-8-24-17-9-12(19)6-7-13(14)17/h6-7,9-11,14H,4-5,8H2,1-3H3,(H,20,23)/t14-/m0/s1. The molecule has 0 unspecified atom stereocenters. The number of hydrogen-bond donors (Lipinski definition) is 1. The number of nitrogens with one attached hydrogen (secondary N) is 1. The van der Waals surface area contributed by atoms with Crippen LogP contribution in [0.15, 0.2) is 24.3 Å². The molecule has 1 amide bonds. The third kappa shape index (κ3) is 3.27. The van der Waals surface area contributed by atoms with Gasteiger partial charge in [-0.3, -0.25) is 9.48 Å². The quantitative estimate of drug-likeness (QED) is 0.938. The lowest BCUT2D eigenvalue weighted by Gasteiger charge is -2.17. The van der Waals surface area contributed by atoms with Crippen molar-refractivity contribution < 1.29 is 13.9 Å². The van der Waals surface area contributed by atoms with E-state index < -0.39 is 0 Å². The van der Waals surface area contributed by atoms with E-state index in [1.54, 1.807) is 10.7 Å². The molecule has 1 aliphatic heterocycles. The average Bonchev–Trinajstić information content (AvgIpc) is 2.82. The molecular formula is C18H22FN3O2. The van der Waals surface area contributed by atoms with Gasteiger partial charge in [0.05, 0.1) is 12.6 Å². The zero-order valence-corrected chi connectivity index (χ0v) is 14.2. The Balaban J connectivity index is 1.83. The monoisotopic (exact) mass is 331 g/mol. The molecule has 0 radical (unpaired) electrons. The van der Waals surface area contributed by atoms with Crippen molar-refractivity contribution in [1.82, 2.24) is 15.1 Å². The summed E-state index contributed by atoms with van der Waals surface area (Å²) >= 11 is 0. The molecule has 128 valence electrons. The van der Waals surface area contributed by atoms with E-state index in [2.05, 4.69) is 24.3 Å². The minimum Gasteiger partial charge on any atom is -0.493 e. The van der Waals surface area contributed by atoms with E-state index >= 15 is 0 Å². The molecule has 0 bridgehead atoms. The molecule has 1 aliphatic rings. The lowest BCUT2D eigenvalue weighted by Crippen LogP contribution is -2.28. The number of ether oxygens (including phenoxy) is 1. The molecule has 24 heavy (non-hydrogen) atoms. The number of fused-ring (bicyclic) bond motifs is 1. The smallest absolute Gasteiger partial charge is 0.272 e. The van der Waals surface area contributed by atoms with Crippen LogP contribution in [0.3, 0.4) is 0 Å². The molecule has 0 fully saturated rings. The van der Waals surface area contributed by atoms with Crippen molar-refractivity contribution in [3.05, 3.63) is 47.0 Å². The molecule has 1 N–H and O–H groups in total. The van der Waals surface area contributed by atoms with E-state index in [0.717, 1.165) is 24.1 Å². The van der Waals surface area contributed by atoms with Crippen molar-refractivity contribution >= 4 is 5.91 Å². The predicted octanol–water partition coefficient (Wildman–Crippen LogP) is 3.33. The van der Waals surface area contributed by atoms with E-state index in [1.165, 1.54) is 12.1 Å². The van der Waals surface area contributed by atoms with Crippen LogP contribution in [0.2, 0.25) is 0 Å². The second-order valence-corrected chi connectivity index (χ2v) is 6.43. The van der Waals surface area contributed by atoms with Gasteiger partial charge in [-0.2, -0.15) is 5.10 Å². The molecule has 5 nitrogen and oxygen atoms in total. The molecular weight excluding hydrogens is 309 g/mol. The summed E-state index contributed by atoms with van der Waals surface area (Å²) in [7, 11) is 1.84. The topological polar surface area (TPSA) is 56.1 Å². The van der Waals surface area contributed by atoms with Crippen LogP contribution in [-0.2, 0) is 7.05 Å². The highest BCUT2D eigenvalue weighted by Gasteiger charge is 2.24. The fourth-order valence-electron chi connectivity index (χ4n) is 3.06. The Morgan fingerprint density at radius 3 is 2.92 bits per heavy atom. The van der Waals surface area contributed by atoms with Crippen LogP contribution in [-0.4, -0.2) is 22.3 Å². The molecule has 2 aromatic rings. The van der Waals surface area contributed by atoms with E-state index in [-0.39, 0.29) is 17.8 Å². The second kappa shape index (κ2) is 6.63. The van der Waals surface area contributed by atoms with Gasteiger partial charge in [-0.25, -0.2) is 4.39 Å². The van der Waals surface area contributed by atoms with Gasteiger partial charge in [0.1, 0.15) is 17.3 Å². The molecule has 1 atom stereocenters. The van der Waals surface area contributed by atoms with Crippen LogP contribution in [0.5, 0.6) is 5.75 Å². The van der Waals surface area contributed by atoms with Crippen LogP contribution >= 0.6 is 0 Å². The molecule has 3 rings (SSSR count). The Morgan fingerprint density at radius 2 is 2.21 bits per heavy atom. The molecule has 1 aromatic carbocycles. The van der Waals surface area contributed by atoms with E-state index in [1.807, 2.05) is 13.1 Å². The number of carbonyl (C=O) groups is 1. The molecule has 6 heteroatoms. The zero-order chi connectivity index (χ0) is 17.3. The summed E-state index contributed by atoms with van der Waals surface area (Å²) in [5.74, 6) is 0.229. The summed E-state index contributed by atoms with van der Waals surface area (Å²) in [5, 5.41) is 7.32. The van der Waals surface area contributed by atoms with Gasteiger partial charge in [0.2, 0.25) is 0 Å². The number of amides is 1. The number of aryl methyl sites for hydroxylation is 1. The van der Waals surface area contributed by atoms with Crippen molar-refractivity contribution in [3.8, 4) is 5.75 Å². The Hall–Kier alpha value is -2.37. The molecule has 0 aliphatic carbocycles. The first kappa shape index (κ1) is 16.5. The van der Waals surface area contributed by atoms with Gasteiger partial charge in [-0.15, -0.1) is 0 Å². The first-order chi connectivity index (χ1) is 11.5. The summed E-state index contributed by atoms with van der Waals surface area (Å²) in [4.78, 5) is 12.6. The number of hydrogen-bond acceptors (Lipinski definition) is 3. The average molecular weight is 331 g/mol. The van der Waals surface area contributed by atoms with Gasteiger partial charge in [0.25, 0.3) is 5.91 Å². The maximum atomic E-state index is 13.4. The highest BCUT2D eigenvalue weighted by molar-refractivity contribution is 5.92. The summed E-state index contributed by atoms with van der Waals surface area (Å²) < 4.78 is 20.8. The minimum atomic E-state index is -0.341. The lowest BCUT2D eigenvalue weighted by molar-refractivity contribution is 0.0929. The third-order valence-corrected chi connectivity index (χ3v) is 4.29. The number of carbonyl (C=O) groups excluding carboxylic acids is 1. The van der Waals surface area contributed by atoms with E-state index in [9.17, 15) is 9.18 Å². The molecule has 0 saturated heterocycles. The van der Waals surface area contributed by atoms with Gasteiger partial charge < -0.3 is 10.1 Å². The maximum Gasteiger partial charge on any atom is 0.272 e. The van der Waals surface area contributed by atoms with Gasteiger partial charge >= 0.3 is 0 Å². The van der Waals surface area contributed by atoms with E-state index in [0.29, 0.717) is 24.0 Å². The van der Waals surface area contributed by atoms with Crippen LogP contribution < -0.4 is 10.1 Å². The second-order valence-electron chi connectivity index (χ2n) is 6.43. The van der Waals surface area contributed by atoms with Gasteiger partial charge in [-0.05, 0) is 30.9 Å². The Kier molecular flexibility index (Phi) is 4.55. The summed E-state index contributed by atoms with van der Waals surface area (Å²) in [6.07, 6.45) is 1.54. The minimum absolute atomic E-state index is 0.208. The fourth-order valence-corrected chi connectivity index (χ4v) is 3.06. The normalized spacial score (nSPS) is 17.1. The largest absolute Gasteiger partial charge is 0.493 e. The lowest BCUT2D eigenvalue weighted by atomic mass is 10.0. The Bertz CT molecular complexity index is 755. The van der Waals surface area contributed by atoms with Gasteiger partial charge in [0.15, 0.2) is 0 Å². The van der Waals surface area contributed by atoms with Crippen molar-refractivity contribution in [2.75, 3.05) is 6.61 Å². The van der Waals surface area contributed by atoms with Crippen molar-refractivity contribution in [1.29, 1.82) is 0 Å². The fraction of sp³-hybridized carbons (Fsp3) is 0.444. The number of benzene rings is 1. The predicted molar refractivity (Wildman–Crippen MR) is 88.6 cm³/mol. The highest BCUT2D eigenvalue weighted by Crippen LogP contribution is 2.32. The maximum absolute atomic E-state index is 13.4. The third-order valence-electron chi connectivity index (χ3n) is 4.29. The van der Waals surface area contributed by atoms with Crippen LogP contribution in [0.4, 0.5) is 4.39 Å². The van der Waals surface area contributed by atoms with Crippen LogP contribution in [0, 0.1) is 5.82 Å². The molecule has 0 spiro atoms. The molecule has 2 heterocycles. The van der Waals surface area contributed by atoms with Crippen LogP contribution in [0.1, 0.15) is 60.4 Å². The highest BCUT2D eigenvalue weighted by atomic mass is 19.1. The summed E-state index contributed by atoms with van der Waals surface area (Å²) in [6, 6.07) is 6.06. The van der Waals surface area contributed by atoms with Gasteiger partial charge in [-0.1, -0.05) is 19.9 Å². The van der Waals surface area contributed by atoms with Crippen LogP contribution in [0.25, 0.3) is 0 Å². The summed E-state index contributed by atoms with van der Waals surface area (Å²) in [6.45, 7) is 4.64. The van der Waals surface area contributed by atoms with Crippen molar-refractivity contribution in [3.63, 3.8) is 0 Å². The van der Waals surface area contributed by atoms with E-state index in [4.69, 9.17) is 4.74 Å². The number of rotatable bonds is 3. The van der Waals surface area contributed by atoms with Crippen molar-refractivity contribution in [2.45, 2.75) is 38.6 Å². The molecule has 1 aromatic heterocycles. The van der Waals surface area contributed by atoms with Gasteiger partial charge in [0, 0.05) is 24.4 Å². The first-order valence-electron chi connectivity index (χ1n) is 8.22. The zero-order valence-electron chi connectivity index (χ0n) is 14.2.